The molecule has 0 spiro atoms. The zero-order chi connectivity index (χ0) is 24.6. The van der Waals surface area contributed by atoms with Gasteiger partial charge in [-0.1, -0.05) is 35.6 Å². The van der Waals surface area contributed by atoms with Crippen LogP contribution in [0.25, 0.3) is 22.3 Å². The van der Waals surface area contributed by atoms with Crippen LogP contribution in [-0.4, -0.2) is 44.0 Å². The normalized spacial score (nSPS) is 13.4. The SMILES string of the molecule is CC(C)(C)OC(=O)N1CCc2nc(NC(=O)c3cc(-c4ccccn4)nc4ccccc34)sc2C1. The van der Waals surface area contributed by atoms with Gasteiger partial charge in [-0.25, -0.2) is 14.8 Å². The number of para-hydroxylation sites is 1. The Balaban J connectivity index is 1.40. The maximum atomic E-state index is 13.4. The number of thiazole rings is 1. The lowest BCUT2D eigenvalue weighted by Crippen LogP contribution is -2.39. The van der Waals surface area contributed by atoms with Crippen molar-refractivity contribution in [2.75, 3.05) is 11.9 Å². The average molecular weight is 488 g/mol. The van der Waals surface area contributed by atoms with Gasteiger partial charge in [0.05, 0.1) is 34.7 Å². The lowest BCUT2D eigenvalue weighted by molar-refractivity contribution is 0.0225. The number of carbonyl (C=O) groups is 2. The van der Waals surface area contributed by atoms with E-state index in [0.717, 1.165) is 16.0 Å². The molecule has 3 aromatic heterocycles. The standard InChI is InChI=1S/C26H25N5O3S/c1-26(2,3)34-25(33)31-13-11-20-22(15-31)35-24(29-20)30-23(32)17-14-21(19-10-6-7-12-27-19)28-18-9-5-4-8-16(17)18/h4-10,12,14H,11,13,15H2,1-3H3,(H,29,30,32). The van der Waals surface area contributed by atoms with Crippen LogP contribution in [0.3, 0.4) is 0 Å². The number of rotatable bonds is 3. The van der Waals surface area contributed by atoms with Crippen molar-refractivity contribution >= 4 is 39.4 Å². The number of anilines is 1. The molecule has 4 heterocycles. The summed E-state index contributed by atoms with van der Waals surface area (Å²) in [5.41, 5.74) is 2.89. The van der Waals surface area contributed by atoms with E-state index in [2.05, 4.69) is 15.3 Å². The monoisotopic (exact) mass is 487 g/mol. The molecular weight excluding hydrogens is 462 g/mol. The van der Waals surface area contributed by atoms with Gasteiger partial charge in [0.1, 0.15) is 5.60 Å². The van der Waals surface area contributed by atoms with Crippen molar-refractivity contribution < 1.29 is 14.3 Å². The van der Waals surface area contributed by atoms with Gasteiger partial charge in [-0.05, 0) is 45.0 Å². The number of ether oxygens (including phenoxy) is 1. The van der Waals surface area contributed by atoms with E-state index >= 15 is 0 Å². The van der Waals surface area contributed by atoms with Crippen LogP contribution in [0.2, 0.25) is 0 Å². The topological polar surface area (TPSA) is 97.3 Å². The summed E-state index contributed by atoms with van der Waals surface area (Å²) >= 11 is 1.38. The third kappa shape index (κ3) is 5.00. The van der Waals surface area contributed by atoms with Crippen LogP contribution in [0.4, 0.5) is 9.93 Å². The van der Waals surface area contributed by atoms with Crippen molar-refractivity contribution in [3.63, 3.8) is 0 Å². The number of hydrogen-bond acceptors (Lipinski definition) is 7. The van der Waals surface area contributed by atoms with Crippen molar-refractivity contribution in [2.45, 2.75) is 39.3 Å². The third-order valence-electron chi connectivity index (χ3n) is 5.49. The summed E-state index contributed by atoms with van der Waals surface area (Å²) in [5.74, 6) is -0.268. The minimum Gasteiger partial charge on any atom is -0.444 e. The number of aromatic nitrogens is 3. The molecule has 1 aliphatic rings. The molecule has 1 N–H and O–H groups in total. The number of fused-ring (bicyclic) bond motifs is 2. The Morgan fingerprint density at radius 1 is 1.06 bits per heavy atom. The second kappa shape index (κ2) is 9.07. The van der Waals surface area contributed by atoms with Crippen molar-refractivity contribution in [1.82, 2.24) is 19.9 Å². The smallest absolute Gasteiger partial charge is 0.410 e. The zero-order valence-corrected chi connectivity index (χ0v) is 20.6. The minimum atomic E-state index is -0.550. The molecule has 0 bridgehead atoms. The Morgan fingerprint density at radius 2 is 1.86 bits per heavy atom. The fourth-order valence-electron chi connectivity index (χ4n) is 3.90. The van der Waals surface area contributed by atoms with Crippen LogP contribution < -0.4 is 5.32 Å². The Hall–Kier alpha value is -3.85. The van der Waals surface area contributed by atoms with Crippen LogP contribution >= 0.6 is 11.3 Å². The Morgan fingerprint density at radius 3 is 2.63 bits per heavy atom. The molecule has 1 aliphatic heterocycles. The molecule has 0 saturated heterocycles. The maximum absolute atomic E-state index is 13.4. The van der Waals surface area contributed by atoms with E-state index in [1.807, 2.05) is 63.2 Å². The Bertz CT molecular complexity index is 1410. The molecule has 35 heavy (non-hydrogen) atoms. The second-order valence-electron chi connectivity index (χ2n) is 9.28. The van der Waals surface area contributed by atoms with Crippen LogP contribution in [0, 0.1) is 0 Å². The molecule has 0 fully saturated rings. The molecule has 0 saturated carbocycles. The highest BCUT2D eigenvalue weighted by Gasteiger charge is 2.28. The van der Waals surface area contributed by atoms with Crippen LogP contribution in [-0.2, 0) is 17.7 Å². The van der Waals surface area contributed by atoms with Gasteiger partial charge in [0.2, 0.25) is 0 Å². The summed E-state index contributed by atoms with van der Waals surface area (Å²) in [5, 5.41) is 4.21. The average Bonchev–Trinajstić information content (AvgIpc) is 3.24. The van der Waals surface area contributed by atoms with E-state index < -0.39 is 5.60 Å². The van der Waals surface area contributed by atoms with Crippen molar-refractivity contribution in [2.24, 2.45) is 0 Å². The quantitative estimate of drug-likeness (QED) is 0.421. The summed E-state index contributed by atoms with van der Waals surface area (Å²) in [6.07, 6.45) is 1.97. The molecule has 2 amide bonds. The second-order valence-corrected chi connectivity index (χ2v) is 10.4. The molecule has 1 aromatic carbocycles. The lowest BCUT2D eigenvalue weighted by atomic mass is 10.1. The van der Waals surface area contributed by atoms with Crippen LogP contribution in [0.1, 0.15) is 41.7 Å². The third-order valence-corrected chi connectivity index (χ3v) is 6.49. The summed E-state index contributed by atoms with van der Waals surface area (Å²) in [7, 11) is 0. The summed E-state index contributed by atoms with van der Waals surface area (Å²) < 4.78 is 5.50. The molecule has 8 nitrogen and oxygen atoms in total. The first kappa shape index (κ1) is 22.9. The van der Waals surface area contributed by atoms with E-state index in [4.69, 9.17) is 9.72 Å². The minimum absolute atomic E-state index is 0.268. The molecule has 178 valence electrons. The highest BCUT2D eigenvalue weighted by molar-refractivity contribution is 7.15. The number of benzene rings is 1. The van der Waals surface area contributed by atoms with Crippen LogP contribution in [0.15, 0.2) is 54.7 Å². The number of nitrogens with one attached hydrogen (secondary N) is 1. The maximum Gasteiger partial charge on any atom is 0.410 e. The predicted molar refractivity (Wildman–Crippen MR) is 135 cm³/mol. The van der Waals surface area contributed by atoms with Crippen molar-refractivity contribution in [1.29, 1.82) is 0 Å². The molecular formula is C26H25N5O3S. The molecule has 9 heteroatoms. The molecule has 0 aliphatic carbocycles. The van der Waals surface area contributed by atoms with Gasteiger partial charge < -0.3 is 9.64 Å². The fourth-order valence-corrected chi connectivity index (χ4v) is 4.92. The highest BCUT2D eigenvalue weighted by atomic mass is 32.1. The number of hydrogen-bond donors (Lipinski definition) is 1. The van der Waals surface area contributed by atoms with Gasteiger partial charge in [0, 0.05) is 29.4 Å². The first-order valence-corrected chi connectivity index (χ1v) is 12.2. The molecule has 0 atom stereocenters. The molecule has 0 radical (unpaired) electrons. The fraction of sp³-hybridized carbons (Fsp3) is 0.269. The van der Waals surface area contributed by atoms with E-state index in [9.17, 15) is 9.59 Å². The van der Waals surface area contributed by atoms with Gasteiger partial charge in [0.25, 0.3) is 5.91 Å². The van der Waals surface area contributed by atoms with Crippen molar-refractivity contribution in [3.8, 4) is 11.4 Å². The van der Waals surface area contributed by atoms with Gasteiger partial charge in [0.15, 0.2) is 5.13 Å². The molecule has 0 unspecified atom stereocenters. The number of pyridine rings is 2. The number of carbonyl (C=O) groups excluding carboxylic acids is 2. The van der Waals surface area contributed by atoms with Gasteiger partial charge in [-0.2, -0.15) is 0 Å². The van der Waals surface area contributed by atoms with E-state index in [0.29, 0.717) is 47.1 Å². The van der Waals surface area contributed by atoms with E-state index in [-0.39, 0.29) is 12.0 Å². The summed E-state index contributed by atoms with van der Waals surface area (Å²) in [4.78, 5) is 42.2. The van der Waals surface area contributed by atoms with Gasteiger partial charge >= 0.3 is 6.09 Å². The number of nitrogens with zero attached hydrogens (tertiary/aromatic N) is 4. The lowest BCUT2D eigenvalue weighted by Gasteiger charge is -2.29. The van der Waals surface area contributed by atoms with E-state index in [1.165, 1.54) is 11.3 Å². The van der Waals surface area contributed by atoms with Crippen molar-refractivity contribution in [3.05, 3.63) is 70.9 Å². The largest absolute Gasteiger partial charge is 0.444 e. The predicted octanol–water partition coefficient (Wildman–Crippen LogP) is 5.30. The highest BCUT2D eigenvalue weighted by Crippen LogP contribution is 2.30. The Kier molecular flexibility index (Phi) is 5.94. The first-order valence-electron chi connectivity index (χ1n) is 11.4. The number of amides is 2. The Labute approximate surface area is 207 Å². The molecule has 5 rings (SSSR count). The van der Waals surface area contributed by atoms with Gasteiger partial charge in [-0.15, -0.1) is 0 Å². The van der Waals surface area contributed by atoms with E-state index in [1.54, 1.807) is 17.2 Å². The first-order chi connectivity index (χ1) is 16.8. The van der Waals surface area contributed by atoms with Crippen LogP contribution in [0.5, 0.6) is 0 Å². The zero-order valence-electron chi connectivity index (χ0n) is 19.7. The summed E-state index contributed by atoms with van der Waals surface area (Å²) in [6, 6.07) is 14.9. The molecule has 4 aromatic rings. The van der Waals surface area contributed by atoms with Gasteiger partial charge in [-0.3, -0.25) is 15.1 Å². The summed E-state index contributed by atoms with van der Waals surface area (Å²) in [6.45, 7) is 6.50.